The van der Waals surface area contributed by atoms with Gasteiger partial charge in [-0.05, 0) is 57.8 Å². The smallest absolute Gasteiger partial charge is 0.305 e. The molecular formula is C60H113NO10. The molecule has 1 aliphatic heterocycles. The number of allylic oxidation sites excluding steroid dienone is 3. The fourth-order valence-corrected chi connectivity index (χ4v) is 9.49. The maximum atomic E-state index is 13.0. The Morgan fingerprint density at radius 2 is 0.901 bits per heavy atom. The number of carbonyl (C=O) groups is 2. The zero-order valence-electron chi connectivity index (χ0n) is 45.9. The Morgan fingerprint density at radius 3 is 1.35 bits per heavy atom. The van der Waals surface area contributed by atoms with Gasteiger partial charge in [0.25, 0.3) is 0 Å². The van der Waals surface area contributed by atoms with Crippen LogP contribution in [0.3, 0.4) is 0 Å². The van der Waals surface area contributed by atoms with Gasteiger partial charge in [-0.1, -0.05) is 237 Å². The lowest BCUT2D eigenvalue weighted by Gasteiger charge is -2.40. The van der Waals surface area contributed by atoms with E-state index in [2.05, 4.69) is 31.3 Å². The lowest BCUT2D eigenvalue weighted by Crippen LogP contribution is -2.60. The quantitative estimate of drug-likeness (QED) is 0.0195. The summed E-state index contributed by atoms with van der Waals surface area (Å²) in [7, 11) is 0. The summed E-state index contributed by atoms with van der Waals surface area (Å²) in [6, 6.07) is -0.818. The largest absolute Gasteiger partial charge is 0.466 e. The summed E-state index contributed by atoms with van der Waals surface area (Å²) < 4.78 is 16.7. The number of aliphatic hydroxyl groups excluding tert-OH is 5. The van der Waals surface area contributed by atoms with E-state index in [9.17, 15) is 35.1 Å². The fourth-order valence-electron chi connectivity index (χ4n) is 9.49. The maximum Gasteiger partial charge on any atom is 0.305 e. The average molecular weight is 1010 g/mol. The standard InChI is InChI=1S/C60H113NO10/c1-3-5-7-9-11-13-14-15-16-22-25-28-32-36-40-44-48-56(65)69-49-45-41-37-33-29-26-23-20-18-17-19-21-24-27-31-35-39-43-47-55(64)61-52(53(63)46-42-38-34-30-12-10-8-6-4-2)51-70-60-59(68)58(67)57(66)54(50-62)71-60/h19,21,42,46,52-54,57-60,62-63,66-68H,3-18,20,22-41,43-45,47-51H2,1-2H3,(H,61,64)/b21-19-,46-42+. The van der Waals surface area contributed by atoms with Crippen LogP contribution in [0, 0.1) is 0 Å². The summed E-state index contributed by atoms with van der Waals surface area (Å²) in [5.41, 5.74) is 0. The first-order chi connectivity index (χ1) is 34.7. The van der Waals surface area contributed by atoms with Crippen LogP contribution in [-0.2, 0) is 23.8 Å². The maximum absolute atomic E-state index is 13.0. The molecule has 11 nitrogen and oxygen atoms in total. The Bertz CT molecular complexity index is 1230. The summed E-state index contributed by atoms with van der Waals surface area (Å²) in [6.45, 7) is 4.30. The van der Waals surface area contributed by atoms with Gasteiger partial charge in [0.05, 0.1) is 32.0 Å². The molecule has 7 unspecified atom stereocenters. The van der Waals surface area contributed by atoms with Crippen LogP contribution < -0.4 is 5.32 Å². The molecular weight excluding hydrogens is 895 g/mol. The van der Waals surface area contributed by atoms with E-state index >= 15 is 0 Å². The topological polar surface area (TPSA) is 175 Å². The first-order valence-corrected chi connectivity index (χ1v) is 30.1. The van der Waals surface area contributed by atoms with Crippen LogP contribution in [-0.4, -0.2) is 100 Å². The molecule has 0 aromatic heterocycles. The van der Waals surface area contributed by atoms with Crippen molar-refractivity contribution < 1.29 is 49.3 Å². The van der Waals surface area contributed by atoms with E-state index in [4.69, 9.17) is 14.2 Å². The summed E-state index contributed by atoms with van der Waals surface area (Å²) in [5.74, 6) is -0.207. The highest BCUT2D eigenvalue weighted by Gasteiger charge is 2.44. The molecule has 0 bridgehead atoms. The van der Waals surface area contributed by atoms with Crippen LogP contribution in [0.25, 0.3) is 0 Å². The van der Waals surface area contributed by atoms with Crippen LogP contribution in [0.4, 0.5) is 0 Å². The first-order valence-electron chi connectivity index (χ1n) is 30.1. The number of nitrogens with one attached hydrogen (secondary N) is 1. The first kappa shape index (κ1) is 67.2. The number of carbonyl (C=O) groups excluding carboxylic acids is 2. The second-order valence-corrected chi connectivity index (χ2v) is 21.1. The van der Waals surface area contributed by atoms with Gasteiger partial charge in [-0.2, -0.15) is 0 Å². The van der Waals surface area contributed by atoms with Crippen LogP contribution >= 0.6 is 0 Å². The second-order valence-electron chi connectivity index (χ2n) is 21.1. The Kier molecular flexibility index (Phi) is 47.6. The molecule has 0 aliphatic carbocycles. The van der Waals surface area contributed by atoms with E-state index < -0.39 is 49.5 Å². The van der Waals surface area contributed by atoms with E-state index in [1.807, 2.05) is 6.08 Å². The molecule has 418 valence electrons. The van der Waals surface area contributed by atoms with Gasteiger partial charge >= 0.3 is 5.97 Å². The SMILES string of the molecule is CCCCCCCCC/C=C/C(O)C(COC1OC(CO)C(O)C(O)C1O)NC(=O)CCCCCCC/C=C\CCCCCCCCCCCOC(=O)CCCCCCCCCCCCCCCCCC. The minimum atomic E-state index is -1.57. The van der Waals surface area contributed by atoms with Gasteiger partial charge in [0.15, 0.2) is 6.29 Å². The van der Waals surface area contributed by atoms with E-state index in [0.717, 1.165) is 89.9 Å². The third-order valence-electron chi connectivity index (χ3n) is 14.3. The minimum Gasteiger partial charge on any atom is -0.466 e. The lowest BCUT2D eigenvalue weighted by molar-refractivity contribution is -0.302. The highest BCUT2D eigenvalue weighted by atomic mass is 16.7. The Labute approximate surface area is 435 Å². The summed E-state index contributed by atoms with van der Waals surface area (Å²) in [4.78, 5) is 25.1. The third kappa shape index (κ3) is 40.2. The monoisotopic (exact) mass is 1010 g/mol. The molecule has 0 aromatic rings. The van der Waals surface area contributed by atoms with E-state index in [-0.39, 0.29) is 18.5 Å². The van der Waals surface area contributed by atoms with Crippen molar-refractivity contribution in [3.05, 3.63) is 24.3 Å². The zero-order valence-corrected chi connectivity index (χ0v) is 45.9. The number of amides is 1. The molecule has 0 saturated carbocycles. The van der Waals surface area contributed by atoms with E-state index in [1.54, 1.807) is 6.08 Å². The molecule has 0 radical (unpaired) electrons. The van der Waals surface area contributed by atoms with Crippen molar-refractivity contribution in [2.75, 3.05) is 19.8 Å². The van der Waals surface area contributed by atoms with Crippen LogP contribution in [0.2, 0.25) is 0 Å². The third-order valence-corrected chi connectivity index (χ3v) is 14.3. The van der Waals surface area contributed by atoms with Crippen molar-refractivity contribution in [1.29, 1.82) is 0 Å². The van der Waals surface area contributed by atoms with E-state index in [0.29, 0.717) is 19.4 Å². The van der Waals surface area contributed by atoms with Gasteiger partial charge in [0.1, 0.15) is 24.4 Å². The molecule has 6 N–H and O–H groups in total. The molecule has 0 spiro atoms. The molecule has 7 atom stereocenters. The van der Waals surface area contributed by atoms with Gasteiger partial charge < -0.3 is 45.1 Å². The fraction of sp³-hybridized carbons (Fsp3) is 0.900. The number of rotatable bonds is 52. The molecule has 1 amide bonds. The summed E-state index contributed by atoms with van der Waals surface area (Å²) in [5, 5.41) is 54.2. The van der Waals surface area contributed by atoms with Crippen LogP contribution in [0.1, 0.15) is 284 Å². The Balaban J connectivity index is 2.03. The summed E-state index contributed by atoms with van der Waals surface area (Å²) in [6.07, 6.45) is 50.0. The number of esters is 1. The highest BCUT2D eigenvalue weighted by molar-refractivity contribution is 5.76. The van der Waals surface area contributed by atoms with Gasteiger partial charge in [-0.15, -0.1) is 0 Å². The molecule has 1 rings (SSSR count). The van der Waals surface area contributed by atoms with Crippen molar-refractivity contribution in [3.63, 3.8) is 0 Å². The van der Waals surface area contributed by atoms with Gasteiger partial charge in [-0.3, -0.25) is 9.59 Å². The molecule has 11 heteroatoms. The zero-order chi connectivity index (χ0) is 51.7. The normalized spacial score (nSPS) is 19.2. The molecule has 1 heterocycles. The van der Waals surface area contributed by atoms with Gasteiger partial charge in [0, 0.05) is 12.8 Å². The number of hydrogen-bond acceptors (Lipinski definition) is 10. The van der Waals surface area contributed by atoms with Crippen LogP contribution in [0.5, 0.6) is 0 Å². The van der Waals surface area contributed by atoms with Gasteiger partial charge in [-0.25, -0.2) is 0 Å². The Hall–Kier alpha value is -1.86. The van der Waals surface area contributed by atoms with Gasteiger partial charge in [0.2, 0.25) is 5.91 Å². The molecule has 0 aromatic carbocycles. The lowest BCUT2D eigenvalue weighted by atomic mass is 9.99. The highest BCUT2D eigenvalue weighted by Crippen LogP contribution is 2.23. The van der Waals surface area contributed by atoms with Crippen LogP contribution in [0.15, 0.2) is 24.3 Å². The predicted octanol–water partition coefficient (Wildman–Crippen LogP) is 13.7. The molecule has 1 fully saturated rings. The average Bonchev–Trinajstić information content (AvgIpc) is 3.37. The second kappa shape index (κ2) is 50.3. The van der Waals surface area contributed by atoms with Crippen molar-refractivity contribution in [2.24, 2.45) is 0 Å². The van der Waals surface area contributed by atoms with Crippen molar-refractivity contribution in [1.82, 2.24) is 5.32 Å². The van der Waals surface area contributed by atoms with Crippen molar-refractivity contribution in [2.45, 2.75) is 326 Å². The number of aliphatic hydroxyl groups is 5. The number of unbranched alkanes of at least 4 members (excludes halogenated alkanes) is 36. The van der Waals surface area contributed by atoms with E-state index in [1.165, 1.54) is 167 Å². The van der Waals surface area contributed by atoms with Crippen molar-refractivity contribution in [3.8, 4) is 0 Å². The molecule has 71 heavy (non-hydrogen) atoms. The van der Waals surface area contributed by atoms with Crippen molar-refractivity contribution >= 4 is 11.9 Å². The predicted molar refractivity (Wildman–Crippen MR) is 292 cm³/mol. The summed E-state index contributed by atoms with van der Waals surface area (Å²) >= 11 is 0. The molecule has 1 aliphatic rings. The number of ether oxygens (including phenoxy) is 3. The molecule has 1 saturated heterocycles. The Morgan fingerprint density at radius 1 is 0.507 bits per heavy atom. The number of hydrogen-bond donors (Lipinski definition) is 6. The minimum absolute atomic E-state index is 0.00942.